The summed E-state index contributed by atoms with van der Waals surface area (Å²) in [5.74, 6) is 0. The molecular formula is C13H28ClN3O3S. The van der Waals surface area contributed by atoms with E-state index < -0.39 is 10.2 Å². The highest BCUT2D eigenvalue weighted by molar-refractivity contribution is 7.87. The van der Waals surface area contributed by atoms with Gasteiger partial charge in [-0.25, -0.2) is 4.72 Å². The predicted molar refractivity (Wildman–Crippen MR) is 86.0 cm³/mol. The smallest absolute Gasteiger partial charge is 0.279 e. The molecule has 126 valence electrons. The molecule has 2 rings (SSSR count). The lowest BCUT2D eigenvalue weighted by atomic mass is 9.99. The summed E-state index contributed by atoms with van der Waals surface area (Å²) >= 11 is 0. The molecule has 0 aromatic heterocycles. The Morgan fingerprint density at radius 3 is 2.71 bits per heavy atom. The van der Waals surface area contributed by atoms with E-state index in [9.17, 15) is 8.42 Å². The summed E-state index contributed by atoms with van der Waals surface area (Å²) in [7, 11) is -1.73. The molecule has 0 aromatic rings. The Bertz CT molecular complexity index is 413. The highest BCUT2D eigenvalue weighted by Crippen LogP contribution is 2.22. The average molecular weight is 342 g/mol. The van der Waals surface area contributed by atoms with Crippen LogP contribution in [0.5, 0.6) is 0 Å². The van der Waals surface area contributed by atoms with Crippen LogP contribution in [0.1, 0.15) is 39.0 Å². The molecule has 2 saturated heterocycles. The Hall–Kier alpha value is 0.0800. The third-order valence-corrected chi connectivity index (χ3v) is 6.07. The van der Waals surface area contributed by atoms with Crippen LogP contribution in [0.4, 0.5) is 0 Å². The second kappa shape index (κ2) is 8.08. The Labute approximate surface area is 134 Å². The molecule has 0 radical (unpaired) electrons. The van der Waals surface area contributed by atoms with Gasteiger partial charge in [0.25, 0.3) is 10.2 Å². The molecule has 0 spiro atoms. The molecule has 21 heavy (non-hydrogen) atoms. The monoisotopic (exact) mass is 341 g/mol. The van der Waals surface area contributed by atoms with Crippen LogP contribution in [0.25, 0.3) is 0 Å². The second-order valence-corrected chi connectivity index (χ2v) is 7.73. The number of nitrogens with one attached hydrogen (secondary N) is 2. The van der Waals surface area contributed by atoms with Crippen molar-refractivity contribution in [3.8, 4) is 0 Å². The van der Waals surface area contributed by atoms with Gasteiger partial charge in [-0.2, -0.15) is 12.7 Å². The van der Waals surface area contributed by atoms with Gasteiger partial charge >= 0.3 is 0 Å². The summed E-state index contributed by atoms with van der Waals surface area (Å²) in [4.78, 5) is 0. The first-order valence-electron chi connectivity index (χ1n) is 7.49. The number of methoxy groups -OCH3 is 1. The topological polar surface area (TPSA) is 70.7 Å². The van der Waals surface area contributed by atoms with Crippen LogP contribution in [0, 0.1) is 0 Å². The third kappa shape index (κ3) is 4.77. The molecule has 0 aliphatic carbocycles. The summed E-state index contributed by atoms with van der Waals surface area (Å²) in [6.07, 6.45) is 5.02. The second-order valence-electron chi connectivity index (χ2n) is 6.03. The van der Waals surface area contributed by atoms with Crippen LogP contribution in [-0.4, -0.2) is 57.7 Å². The number of hydrogen-bond donors (Lipinski definition) is 2. The van der Waals surface area contributed by atoms with E-state index in [0.717, 1.165) is 38.6 Å². The molecule has 2 fully saturated rings. The number of rotatable bonds is 6. The molecule has 2 atom stereocenters. The van der Waals surface area contributed by atoms with Crippen molar-refractivity contribution >= 4 is 22.6 Å². The van der Waals surface area contributed by atoms with E-state index in [4.69, 9.17) is 4.74 Å². The highest BCUT2D eigenvalue weighted by Gasteiger charge is 2.36. The van der Waals surface area contributed by atoms with Gasteiger partial charge in [0.2, 0.25) is 0 Å². The maximum atomic E-state index is 12.4. The molecule has 8 heteroatoms. The van der Waals surface area contributed by atoms with Gasteiger partial charge in [-0.05, 0) is 39.2 Å². The molecule has 2 aliphatic rings. The lowest BCUT2D eigenvalue weighted by molar-refractivity contribution is 0.122. The van der Waals surface area contributed by atoms with E-state index in [1.807, 2.05) is 6.92 Å². The van der Waals surface area contributed by atoms with Crippen molar-refractivity contribution in [3.05, 3.63) is 0 Å². The Morgan fingerprint density at radius 2 is 2.14 bits per heavy atom. The fourth-order valence-corrected chi connectivity index (χ4v) is 4.78. The summed E-state index contributed by atoms with van der Waals surface area (Å²) in [5, 5.41) is 3.39. The van der Waals surface area contributed by atoms with Crippen LogP contribution < -0.4 is 10.0 Å². The van der Waals surface area contributed by atoms with E-state index in [1.54, 1.807) is 11.4 Å². The van der Waals surface area contributed by atoms with Crippen molar-refractivity contribution in [3.63, 3.8) is 0 Å². The number of ether oxygens (including phenoxy) is 1. The molecule has 2 heterocycles. The molecular weight excluding hydrogens is 314 g/mol. The molecule has 0 saturated carbocycles. The van der Waals surface area contributed by atoms with E-state index in [1.165, 1.54) is 0 Å². The van der Waals surface area contributed by atoms with Crippen molar-refractivity contribution in [2.24, 2.45) is 0 Å². The SMILES string of the molecule is COCC1(CNS(=O)(=O)N2CCCCC2C)CCCN1.Cl. The standard InChI is InChI=1S/C13H27N3O3S.ClH/c1-12-6-3-4-9-16(12)20(17,18)15-10-13(11-19-2)7-5-8-14-13;/h12,14-15H,3-11H2,1-2H3;1H. The Balaban J connectivity index is 0.00000220. The zero-order valence-corrected chi connectivity index (χ0v) is 14.6. The van der Waals surface area contributed by atoms with Crippen molar-refractivity contribution in [1.29, 1.82) is 0 Å². The zero-order chi connectivity index (χ0) is 14.6. The van der Waals surface area contributed by atoms with Crippen molar-refractivity contribution < 1.29 is 13.2 Å². The Kier molecular flexibility index (Phi) is 7.36. The number of hydrogen-bond acceptors (Lipinski definition) is 4. The summed E-state index contributed by atoms with van der Waals surface area (Å²) in [5.41, 5.74) is -0.249. The molecule has 2 aliphatic heterocycles. The molecule has 0 bridgehead atoms. The fourth-order valence-electron chi connectivity index (χ4n) is 3.21. The van der Waals surface area contributed by atoms with Gasteiger partial charge in [0.05, 0.1) is 12.1 Å². The zero-order valence-electron chi connectivity index (χ0n) is 12.9. The maximum Gasteiger partial charge on any atom is 0.279 e. The Morgan fingerprint density at radius 1 is 1.38 bits per heavy atom. The van der Waals surface area contributed by atoms with Gasteiger partial charge in [-0.3, -0.25) is 0 Å². The summed E-state index contributed by atoms with van der Waals surface area (Å²) in [6, 6.07) is 0.0937. The quantitative estimate of drug-likeness (QED) is 0.752. The minimum Gasteiger partial charge on any atom is -0.383 e. The van der Waals surface area contributed by atoms with Gasteiger partial charge in [-0.15, -0.1) is 12.4 Å². The van der Waals surface area contributed by atoms with Gasteiger partial charge in [-0.1, -0.05) is 6.42 Å². The van der Waals surface area contributed by atoms with Crippen molar-refractivity contribution in [2.45, 2.75) is 50.6 Å². The van der Waals surface area contributed by atoms with Gasteiger partial charge < -0.3 is 10.1 Å². The first kappa shape index (κ1) is 19.1. The number of nitrogens with zero attached hydrogens (tertiary/aromatic N) is 1. The third-order valence-electron chi connectivity index (χ3n) is 4.40. The van der Waals surface area contributed by atoms with Crippen LogP contribution in [0.2, 0.25) is 0 Å². The van der Waals surface area contributed by atoms with E-state index in [0.29, 0.717) is 19.7 Å². The van der Waals surface area contributed by atoms with Gasteiger partial charge in [0, 0.05) is 26.2 Å². The van der Waals surface area contributed by atoms with Gasteiger partial charge in [0.15, 0.2) is 0 Å². The number of halogens is 1. The van der Waals surface area contributed by atoms with Crippen molar-refractivity contribution in [1.82, 2.24) is 14.3 Å². The van der Waals surface area contributed by atoms with E-state index >= 15 is 0 Å². The number of piperidine rings is 1. The van der Waals surface area contributed by atoms with E-state index in [2.05, 4.69) is 10.0 Å². The average Bonchev–Trinajstić information content (AvgIpc) is 2.87. The van der Waals surface area contributed by atoms with Crippen LogP contribution >= 0.6 is 12.4 Å². The first-order chi connectivity index (χ1) is 9.49. The molecule has 0 amide bonds. The first-order valence-corrected chi connectivity index (χ1v) is 8.93. The molecule has 0 aromatic carbocycles. The fraction of sp³-hybridized carbons (Fsp3) is 1.00. The van der Waals surface area contributed by atoms with Crippen LogP contribution in [0.3, 0.4) is 0 Å². The van der Waals surface area contributed by atoms with Crippen molar-refractivity contribution in [2.75, 3.05) is 33.4 Å². The minimum atomic E-state index is -3.39. The largest absolute Gasteiger partial charge is 0.383 e. The molecule has 2 N–H and O–H groups in total. The van der Waals surface area contributed by atoms with E-state index in [-0.39, 0.29) is 24.0 Å². The lowest BCUT2D eigenvalue weighted by Gasteiger charge is -2.34. The predicted octanol–water partition coefficient (Wildman–Crippen LogP) is 0.886. The molecule has 6 nitrogen and oxygen atoms in total. The van der Waals surface area contributed by atoms with Gasteiger partial charge in [0.1, 0.15) is 0 Å². The van der Waals surface area contributed by atoms with Crippen LogP contribution in [-0.2, 0) is 14.9 Å². The molecule has 2 unspecified atom stereocenters. The minimum absolute atomic E-state index is 0. The van der Waals surface area contributed by atoms with Crippen LogP contribution in [0.15, 0.2) is 0 Å². The normalized spacial score (nSPS) is 31.0. The highest BCUT2D eigenvalue weighted by atomic mass is 35.5. The summed E-state index contributed by atoms with van der Waals surface area (Å²) < 4.78 is 34.5. The maximum absolute atomic E-state index is 12.4. The summed E-state index contributed by atoms with van der Waals surface area (Å²) in [6.45, 7) is 4.46. The lowest BCUT2D eigenvalue weighted by Crippen LogP contribution is -2.56.